The molecule has 2 rings (SSSR count). The molecule has 1 N–H and O–H groups in total. The van der Waals surface area contributed by atoms with Gasteiger partial charge in [0.1, 0.15) is 0 Å². The molecule has 0 unspecified atom stereocenters. The fraction of sp³-hybridized carbons (Fsp3) is 0.389. The molecular weight excluding hydrogens is 244 g/mol. The lowest BCUT2D eigenvalue weighted by atomic mass is 10.0. The van der Waals surface area contributed by atoms with Gasteiger partial charge in [0.05, 0.1) is 5.69 Å². The topological polar surface area (TPSA) is 24.9 Å². The molecule has 2 nitrogen and oxygen atoms in total. The lowest BCUT2D eigenvalue weighted by Crippen LogP contribution is -2.13. The van der Waals surface area contributed by atoms with Gasteiger partial charge in [-0.1, -0.05) is 51.1 Å². The van der Waals surface area contributed by atoms with Gasteiger partial charge < -0.3 is 5.32 Å². The van der Waals surface area contributed by atoms with Crippen molar-refractivity contribution in [3.05, 3.63) is 53.2 Å². The largest absolute Gasteiger partial charge is 0.313 e. The molecule has 0 saturated heterocycles. The minimum atomic E-state index is 0.571. The van der Waals surface area contributed by atoms with E-state index in [1.54, 1.807) is 0 Å². The van der Waals surface area contributed by atoms with E-state index in [0.717, 1.165) is 24.5 Å². The zero-order valence-electron chi connectivity index (χ0n) is 12.9. The van der Waals surface area contributed by atoms with E-state index in [1.807, 2.05) is 0 Å². The minimum Gasteiger partial charge on any atom is -0.313 e. The highest BCUT2D eigenvalue weighted by molar-refractivity contribution is 5.60. The molecule has 2 aromatic rings. The minimum absolute atomic E-state index is 0.571. The van der Waals surface area contributed by atoms with Gasteiger partial charge in [0.25, 0.3) is 0 Å². The van der Waals surface area contributed by atoms with Crippen LogP contribution >= 0.6 is 0 Å². The van der Waals surface area contributed by atoms with Crippen molar-refractivity contribution in [3.8, 4) is 11.3 Å². The van der Waals surface area contributed by atoms with Crippen LogP contribution in [-0.2, 0) is 6.54 Å². The predicted octanol–water partition coefficient (Wildman–Crippen LogP) is 4.29. The first-order valence-electron chi connectivity index (χ1n) is 7.39. The molecule has 106 valence electrons. The number of pyridine rings is 1. The van der Waals surface area contributed by atoms with Crippen molar-refractivity contribution in [2.24, 2.45) is 0 Å². The first kappa shape index (κ1) is 14.7. The van der Waals surface area contributed by atoms with E-state index < -0.39 is 0 Å². The second-order valence-corrected chi connectivity index (χ2v) is 5.50. The first-order chi connectivity index (χ1) is 9.61. The zero-order valence-corrected chi connectivity index (χ0v) is 12.9. The van der Waals surface area contributed by atoms with Gasteiger partial charge >= 0.3 is 0 Å². The van der Waals surface area contributed by atoms with Crippen LogP contribution in [0.4, 0.5) is 0 Å². The highest BCUT2D eigenvalue weighted by Gasteiger charge is 2.05. The number of hydrogen-bond acceptors (Lipinski definition) is 2. The predicted molar refractivity (Wildman–Crippen MR) is 85.9 cm³/mol. The monoisotopic (exact) mass is 268 g/mol. The summed E-state index contributed by atoms with van der Waals surface area (Å²) in [6.07, 6.45) is 0. The molecule has 0 radical (unpaired) electrons. The van der Waals surface area contributed by atoms with E-state index in [4.69, 9.17) is 4.98 Å². The quantitative estimate of drug-likeness (QED) is 0.875. The van der Waals surface area contributed by atoms with E-state index in [1.165, 1.54) is 16.7 Å². The number of aryl methyl sites for hydroxylation is 1. The third-order valence-corrected chi connectivity index (χ3v) is 3.63. The molecule has 1 aromatic carbocycles. The van der Waals surface area contributed by atoms with Gasteiger partial charge in [-0.3, -0.25) is 4.98 Å². The van der Waals surface area contributed by atoms with Crippen LogP contribution in [0, 0.1) is 6.92 Å². The average molecular weight is 268 g/mol. The van der Waals surface area contributed by atoms with Crippen molar-refractivity contribution < 1.29 is 0 Å². The lowest BCUT2D eigenvalue weighted by molar-refractivity contribution is 0.720. The van der Waals surface area contributed by atoms with E-state index in [0.29, 0.717) is 5.92 Å². The third-order valence-electron chi connectivity index (χ3n) is 3.63. The number of rotatable bonds is 5. The number of nitrogens with one attached hydrogen (secondary N) is 1. The van der Waals surface area contributed by atoms with Crippen LogP contribution in [0.25, 0.3) is 11.3 Å². The van der Waals surface area contributed by atoms with Gasteiger partial charge in [0, 0.05) is 17.8 Å². The SMILES string of the molecule is CCNCc1ccc(-c2ccc(C(C)C)cc2)nc1C. The molecule has 0 fully saturated rings. The van der Waals surface area contributed by atoms with E-state index in [9.17, 15) is 0 Å². The second-order valence-electron chi connectivity index (χ2n) is 5.50. The molecule has 0 aliphatic rings. The van der Waals surface area contributed by atoms with Gasteiger partial charge in [-0.15, -0.1) is 0 Å². The summed E-state index contributed by atoms with van der Waals surface area (Å²) in [5, 5.41) is 3.34. The van der Waals surface area contributed by atoms with Gasteiger partial charge in [-0.05, 0) is 36.6 Å². The fourth-order valence-electron chi connectivity index (χ4n) is 2.24. The Bertz CT molecular complexity index is 556. The molecule has 0 aliphatic carbocycles. The maximum absolute atomic E-state index is 4.73. The Balaban J connectivity index is 2.22. The maximum atomic E-state index is 4.73. The number of benzene rings is 1. The molecular formula is C18H24N2. The summed E-state index contributed by atoms with van der Waals surface area (Å²) in [6.45, 7) is 10.5. The Morgan fingerprint density at radius 1 is 1.05 bits per heavy atom. The summed E-state index contributed by atoms with van der Waals surface area (Å²) in [5.41, 5.74) is 5.99. The van der Waals surface area contributed by atoms with Crippen molar-refractivity contribution in [1.29, 1.82) is 0 Å². The molecule has 1 aromatic heterocycles. The standard InChI is InChI=1S/C18H24N2/c1-5-19-12-17-10-11-18(20-14(17)4)16-8-6-15(7-9-16)13(2)3/h6-11,13,19H,5,12H2,1-4H3. The molecule has 1 heterocycles. The molecule has 0 atom stereocenters. The van der Waals surface area contributed by atoms with Crippen LogP contribution in [0.2, 0.25) is 0 Å². The Kier molecular flexibility index (Phi) is 4.91. The average Bonchev–Trinajstić information content (AvgIpc) is 2.46. The Morgan fingerprint density at radius 3 is 2.30 bits per heavy atom. The van der Waals surface area contributed by atoms with Crippen molar-refractivity contribution in [1.82, 2.24) is 10.3 Å². The molecule has 0 aliphatic heterocycles. The molecule has 0 bridgehead atoms. The summed E-state index contributed by atoms with van der Waals surface area (Å²) in [7, 11) is 0. The second kappa shape index (κ2) is 6.67. The van der Waals surface area contributed by atoms with E-state index >= 15 is 0 Å². The van der Waals surface area contributed by atoms with Crippen molar-refractivity contribution in [2.45, 2.75) is 40.2 Å². The van der Waals surface area contributed by atoms with Crippen LogP contribution in [0.5, 0.6) is 0 Å². The van der Waals surface area contributed by atoms with E-state index in [2.05, 4.69) is 69.4 Å². The molecule has 2 heteroatoms. The van der Waals surface area contributed by atoms with Crippen LogP contribution < -0.4 is 5.32 Å². The number of nitrogens with zero attached hydrogens (tertiary/aromatic N) is 1. The normalized spacial score (nSPS) is 11.1. The Hall–Kier alpha value is -1.67. The van der Waals surface area contributed by atoms with Gasteiger partial charge in [0.2, 0.25) is 0 Å². The summed E-state index contributed by atoms with van der Waals surface area (Å²) in [4.78, 5) is 4.73. The van der Waals surface area contributed by atoms with Crippen molar-refractivity contribution >= 4 is 0 Å². The lowest BCUT2D eigenvalue weighted by Gasteiger charge is -2.10. The maximum Gasteiger partial charge on any atom is 0.0705 e. The van der Waals surface area contributed by atoms with Crippen LogP contribution in [0.15, 0.2) is 36.4 Å². The Morgan fingerprint density at radius 2 is 1.75 bits per heavy atom. The summed E-state index contributed by atoms with van der Waals surface area (Å²) in [6, 6.07) is 13.0. The van der Waals surface area contributed by atoms with Crippen molar-refractivity contribution in [2.75, 3.05) is 6.54 Å². The summed E-state index contributed by atoms with van der Waals surface area (Å²) in [5.74, 6) is 0.571. The summed E-state index contributed by atoms with van der Waals surface area (Å²) < 4.78 is 0. The smallest absolute Gasteiger partial charge is 0.0705 e. The third kappa shape index (κ3) is 3.45. The highest BCUT2D eigenvalue weighted by atomic mass is 14.8. The molecule has 0 amide bonds. The van der Waals surface area contributed by atoms with Crippen LogP contribution in [0.1, 0.15) is 43.5 Å². The fourth-order valence-corrected chi connectivity index (χ4v) is 2.24. The van der Waals surface area contributed by atoms with Gasteiger partial charge in [-0.25, -0.2) is 0 Å². The Labute approximate surface area is 122 Å². The molecule has 0 saturated carbocycles. The number of hydrogen-bond donors (Lipinski definition) is 1. The van der Waals surface area contributed by atoms with Crippen molar-refractivity contribution in [3.63, 3.8) is 0 Å². The summed E-state index contributed by atoms with van der Waals surface area (Å²) >= 11 is 0. The molecule has 0 spiro atoms. The van der Waals surface area contributed by atoms with Crippen LogP contribution in [-0.4, -0.2) is 11.5 Å². The number of aromatic nitrogens is 1. The molecule has 20 heavy (non-hydrogen) atoms. The highest BCUT2D eigenvalue weighted by Crippen LogP contribution is 2.22. The van der Waals surface area contributed by atoms with Gasteiger partial charge in [-0.2, -0.15) is 0 Å². The van der Waals surface area contributed by atoms with E-state index in [-0.39, 0.29) is 0 Å². The van der Waals surface area contributed by atoms with Gasteiger partial charge in [0.15, 0.2) is 0 Å². The zero-order chi connectivity index (χ0) is 14.5. The van der Waals surface area contributed by atoms with Crippen LogP contribution in [0.3, 0.4) is 0 Å². The first-order valence-corrected chi connectivity index (χ1v) is 7.39.